The smallest absolute Gasteiger partial charge is 0.0614 e. The first-order valence-corrected chi connectivity index (χ1v) is 6.72. The van der Waals surface area contributed by atoms with Crippen LogP contribution in [0.2, 0.25) is 0 Å². The molecule has 2 fully saturated rings. The standard InChI is InChI=1S/C13H23ClO/c1-12(2)10-5-6-13(12,3)9-11(10)15-8-4-7-14/h10-11H,4-9H2,1-3H3. The van der Waals surface area contributed by atoms with E-state index in [0.29, 0.717) is 16.9 Å². The molecular weight excluding hydrogens is 208 g/mol. The van der Waals surface area contributed by atoms with Gasteiger partial charge in [-0.3, -0.25) is 0 Å². The Kier molecular flexibility index (Phi) is 3.07. The molecule has 0 spiro atoms. The van der Waals surface area contributed by atoms with Crippen molar-refractivity contribution in [1.29, 1.82) is 0 Å². The first-order valence-electron chi connectivity index (χ1n) is 6.19. The van der Waals surface area contributed by atoms with E-state index in [-0.39, 0.29) is 0 Å². The van der Waals surface area contributed by atoms with Gasteiger partial charge in [0.1, 0.15) is 0 Å². The fourth-order valence-corrected chi connectivity index (χ4v) is 3.78. The summed E-state index contributed by atoms with van der Waals surface area (Å²) in [6, 6.07) is 0. The summed E-state index contributed by atoms with van der Waals surface area (Å²) in [5.41, 5.74) is 0.988. The third kappa shape index (κ3) is 1.72. The fourth-order valence-electron chi connectivity index (χ4n) is 3.67. The van der Waals surface area contributed by atoms with E-state index in [1.165, 1.54) is 19.3 Å². The van der Waals surface area contributed by atoms with Crippen molar-refractivity contribution in [2.24, 2.45) is 16.7 Å². The average Bonchev–Trinajstić information content (AvgIpc) is 2.49. The van der Waals surface area contributed by atoms with Gasteiger partial charge in [0, 0.05) is 12.5 Å². The van der Waals surface area contributed by atoms with E-state index in [1.54, 1.807) is 0 Å². The second-order valence-electron chi connectivity index (χ2n) is 6.08. The molecule has 1 nitrogen and oxygen atoms in total. The zero-order valence-electron chi connectivity index (χ0n) is 10.2. The predicted octanol–water partition coefficient (Wildman–Crippen LogP) is 3.85. The second-order valence-corrected chi connectivity index (χ2v) is 6.46. The van der Waals surface area contributed by atoms with E-state index in [4.69, 9.17) is 16.3 Å². The van der Waals surface area contributed by atoms with Gasteiger partial charge in [0.25, 0.3) is 0 Å². The molecule has 0 aromatic rings. The zero-order chi connectivity index (χ0) is 11.1. The van der Waals surface area contributed by atoms with Gasteiger partial charge in [0.2, 0.25) is 0 Å². The summed E-state index contributed by atoms with van der Waals surface area (Å²) in [4.78, 5) is 0. The SMILES string of the molecule is CC12CCC(C(OCCCCl)C1)C2(C)C. The lowest BCUT2D eigenvalue weighted by atomic mass is 9.71. The Morgan fingerprint density at radius 2 is 2.07 bits per heavy atom. The second kappa shape index (κ2) is 3.92. The maximum Gasteiger partial charge on any atom is 0.0614 e. The average molecular weight is 231 g/mol. The van der Waals surface area contributed by atoms with E-state index in [0.717, 1.165) is 24.8 Å². The van der Waals surface area contributed by atoms with E-state index in [2.05, 4.69) is 20.8 Å². The number of fused-ring (bicyclic) bond motifs is 2. The van der Waals surface area contributed by atoms with Crippen molar-refractivity contribution < 1.29 is 4.74 Å². The summed E-state index contributed by atoms with van der Waals surface area (Å²) < 4.78 is 5.99. The minimum atomic E-state index is 0.471. The molecule has 0 heterocycles. The lowest BCUT2D eigenvalue weighted by Gasteiger charge is -2.33. The maximum absolute atomic E-state index is 5.99. The van der Waals surface area contributed by atoms with Gasteiger partial charge in [0.05, 0.1) is 6.10 Å². The molecule has 0 radical (unpaired) electrons. The van der Waals surface area contributed by atoms with Gasteiger partial charge in [-0.05, 0) is 42.4 Å². The number of hydrogen-bond acceptors (Lipinski definition) is 1. The number of alkyl halides is 1. The number of rotatable bonds is 4. The fraction of sp³-hybridized carbons (Fsp3) is 1.00. The molecular formula is C13H23ClO. The Bertz CT molecular complexity index is 236. The van der Waals surface area contributed by atoms with Crippen molar-refractivity contribution in [2.75, 3.05) is 12.5 Å². The molecule has 0 N–H and O–H groups in total. The van der Waals surface area contributed by atoms with E-state index >= 15 is 0 Å². The molecule has 2 aliphatic rings. The Morgan fingerprint density at radius 3 is 2.53 bits per heavy atom. The van der Waals surface area contributed by atoms with Crippen molar-refractivity contribution in [3.05, 3.63) is 0 Å². The molecule has 0 aliphatic heterocycles. The monoisotopic (exact) mass is 230 g/mol. The highest BCUT2D eigenvalue weighted by molar-refractivity contribution is 6.17. The van der Waals surface area contributed by atoms with Gasteiger partial charge in [-0.25, -0.2) is 0 Å². The van der Waals surface area contributed by atoms with Crippen LogP contribution < -0.4 is 0 Å². The first-order chi connectivity index (χ1) is 7.01. The van der Waals surface area contributed by atoms with Gasteiger partial charge < -0.3 is 4.74 Å². The third-order valence-corrected chi connectivity index (χ3v) is 5.47. The van der Waals surface area contributed by atoms with Crippen LogP contribution in [0.3, 0.4) is 0 Å². The van der Waals surface area contributed by atoms with Crippen molar-refractivity contribution in [1.82, 2.24) is 0 Å². The van der Waals surface area contributed by atoms with E-state index in [9.17, 15) is 0 Å². The third-order valence-electron chi connectivity index (χ3n) is 5.20. The van der Waals surface area contributed by atoms with E-state index in [1.807, 2.05) is 0 Å². The normalized spacial score (nSPS) is 42.4. The molecule has 2 bridgehead atoms. The quantitative estimate of drug-likeness (QED) is 0.527. The van der Waals surface area contributed by atoms with Crippen molar-refractivity contribution >= 4 is 11.6 Å². The Hall–Kier alpha value is 0.250. The Morgan fingerprint density at radius 1 is 1.33 bits per heavy atom. The van der Waals surface area contributed by atoms with Crippen LogP contribution in [-0.2, 0) is 4.74 Å². The lowest BCUT2D eigenvalue weighted by molar-refractivity contribution is 0.00575. The van der Waals surface area contributed by atoms with Crippen LogP contribution in [-0.4, -0.2) is 18.6 Å². The van der Waals surface area contributed by atoms with Crippen LogP contribution in [0.5, 0.6) is 0 Å². The summed E-state index contributed by atoms with van der Waals surface area (Å²) in [6.07, 6.45) is 5.49. The van der Waals surface area contributed by atoms with Crippen LogP contribution in [0.1, 0.15) is 46.5 Å². The highest BCUT2D eigenvalue weighted by atomic mass is 35.5. The molecule has 88 valence electrons. The molecule has 0 saturated heterocycles. The number of ether oxygens (including phenoxy) is 1. The van der Waals surface area contributed by atoms with E-state index < -0.39 is 0 Å². The molecule has 0 aromatic carbocycles. The van der Waals surface area contributed by atoms with Gasteiger partial charge in [-0.1, -0.05) is 20.8 Å². The summed E-state index contributed by atoms with van der Waals surface area (Å²) in [5.74, 6) is 1.50. The molecule has 2 aliphatic carbocycles. The van der Waals surface area contributed by atoms with Crippen LogP contribution in [0.15, 0.2) is 0 Å². The summed E-state index contributed by atoms with van der Waals surface area (Å²) >= 11 is 5.67. The predicted molar refractivity (Wildman–Crippen MR) is 64.3 cm³/mol. The molecule has 0 amide bonds. The van der Waals surface area contributed by atoms with Gasteiger partial charge >= 0.3 is 0 Å². The number of halogens is 1. The molecule has 2 rings (SSSR count). The minimum Gasteiger partial charge on any atom is -0.378 e. The first kappa shape index (κ1) is 11.7. The lowest BCUT2D eigenvalue weighted by Crippen LogP contribution is -2.27. The summed E-state index contributed by atoms with van der Waals surface area (Å²) in [6.45, 7) is 8.14. The van der Waals surface area contributed by atoms with Crippen LogP contribution in [0.25, 0.3) is 0 Å². The Balaban J connectivity index is 1.96. The maximum atomic E-state index is 5.99. The molecule has 3 unspecified atom stereocenters. The largest absolute Gasteiger partial charge is 0.378 e. The van der Waals surface area contributed by atoms with Crippen molar-refractivity contribution in [2.45, 2.75) is 52.6 Å². The minimum absolute atomic E-state index is 0.471. The molecule has 2 heteroatoms. The zero-order valence-corrected chi connectivity index (χ0v) is 10.9. The summed E-state index contributed by atoms with van der Waals surface area (Å²) in [7, 11) is 0. The van der Waals surface area contributed by atoms with Crippen LogP contribution in [0, 0.1) is 16.7 Å². The highest BCUT2D eigenvalue weighted by Crippen LogP contribution is 2.66. The van der Waals surface area contributed by atoms with Crippen molar-refractivity contribution in [3.8, 4) is 0 Å². The molecule has 15 heavy (non-hydrogen) atoms. The van der Waals surface area contributed by atoms with Crippen molar-refractivity contribution in [3.63, 3.8) is 0 Å². The molecule has 0 aromatic heterocycles. The van der Waals surface area contributed by atoms with Gasteiger partial charge in [0.15, 0.2) is 0 Å². The topological polar surface area (TPSA) is 9.23 Å². The van der Waals surface area contributed by atoms with Gasteiger partial charge in [-0.2, -0.15) is 0 Å². The highest BCUT2D eigenvalue weighted by Gasteiger charge is 2.60. The molecule has 3 atom stereocenters. The number of hydrogen-bond donors (Lipinski definition) is 0. The molecule has 2 saturated carbocycles. The van der Waals surface area contributed by atoms with Crippen LogP contribution in [0.4, 0.5) is 0 Å². The Labute approximate surface area is 98.5 Å². The van der Waals surface area contributed by atoms with Gasteiger partial charge in [-0.15, -0.1) is 11.6 Å². The summed E-state index contributed by atoms with van der Waals surface area (Å²) in [5, 5.41) is 0. The van der Waals surface area contributed by atoms with Crippen LogP contribution >= 0.6 is 11.6 Å².